The summed E-state index contributed by atoms with van der Waals surface area (Å²) in [4.78, 5) is 23.0. The molecule has 5 nitrogen and oxygen atoms in total. The molecule has 0 aromatic carbocycles. The van der Waals surface area contributed by atoms with Crippen LogP contribution in [0.4, 0.5) is 4.79 Å². The van der Waals surface area contributed by atoms with Crippen LogP contribution < -0.4 is 5.32 Å². The molecule has 0 fully saturated rings. The standard InChI is InChI=1S/C9H14N2O3/c1-4-5-10-9(14)11(7(2)3)6-8(12)13/h1,7H,5-6H2,2-3H3,(H,10,14)(H,12,13). The first kappa shape index (κ1) is 12.3. The van der Waals surface area contributed by atoms with Crippen LogP contribution in [0.2, 0.25) is 0 Å². The Kier molecular flexibility index (Phi) is 5.15. The van der Waals surface area contributed by atoms with E-state index in [1.165, 1.54) is 4.90 Å². The van der Waals surface area contributed by atoms with Crippen LogP contribution in [0.25, 0.3) is 0 Å². The maximum atomic E-state index is 11.3. The Balaban J connectivity index is 4.27. The molecule has 0 atom stereocenters. The fourth-order valence-corrected chi connectivity index (χ4v) is 0.863. The molecule has 0 aliphatic carbocycles. The van der Waals surface area contributed by atoms with E-state index in [2.05, 4.69) is 11.2 Å². The Morgan fingerprint density at radius 2 is 2.14 bits per heavy atom. The molecule has 0 saturated heterocycles. The van der Waals surface area contributed by atoms with Gasteiger partial charge in [0.1, 0.15) is 6.54 Å². The molecule has 78 valence electrons. The maximum Gasteiger partial charge on any atom is 0.323 e. The molecule has 0 aromatic rings. The van der Waals surface area contributed by atoms with Crippen molar-refractivity contribution in [2.24, 2.45) is 0 Å². The van der Waals surface area contributed by atoms with E-state index in [1.807, 2.05) is 0 Å². The van der Waals surface area contributed by atoms with E-state index in [1.54, 1.807) is 13.8 Å². The second-order valence-corrected chi connectivity index (χ2v) is 2.98. The van der Waals surface area contributed by atoms with E-state index < -0.39 is 12.0 Å². The van der Waals surface area contributed by atoms with Crippen LogP contribution in [0, 0.1) is 12.3 Å². The Hall–Kier alpha value is -1.70. The summed E-state index contributed by atoms with van der Waals surface area (Å²) in [6.45, 7) is 3.24. The number of nitrogens with zero attached hydrogens (tertiary/aromatic N) is 1. The van der Waals surface area contributed by atoms with Crippen molar-refractivity contribution in [2.45, 2.75) is 19.9 Å². The molecule has 0 spiro atoms. The highest BCUT2D eigenvalue weighted by Crippen LogP contribution is 1.97. The van der Waals surface area contributed by atoms with Crippen molar-refractivity contribution in [3.8, 4) is 12.3 Å². The van der Waals surface area contributed by atoms with Crippen molar-refractivity contribution in [1.29, 1.82) is 0 Å². The Morgan fingerprint density at radius 3 is 2.50 bits per heavy atom. The lowest BCUT2D eigenvalue weighted by atomic mass is 10.3. The van der Waals surface area contributed by atoms with E-state index in [9.17, 15) is 9.59 Å². The van der Waals surface area contributed by atoms with Gasteiger partial charge in [-0.25, -0.2) is 4.79 Å². The lowest BCUT2D eigenvalue weighted by Gasteiger charge is -2.24. The number of hydrogen-bond donors (Lipinski definition) is 2. The zero-order valence-corrected chi connectivity index (χ0v) is 8.28. The van der Waals surface area contributed by atoms with E-state index in [-0.39, 0.29) is 19.1 Å². The predicted molar refractivity (Wildman–Crippen MR) is 51.7 cm³/mol. The van der Waals surface area contributed by atoms with Gasteiger partial charge in [0.2, 0.25) is 0 Å². The minimum Gasteiger partial charge on any atom is -0.480 e. The third kappa shape index (κ3) is 4.36. The maximum absolute atomic E-state index is 11.3. The predicted octanol–water partition coefficient (Wildman–Crippen LogP) is 0.124. The zero-order valence-electron chi connectivity index (χ0n) is 8.28. The first-order valence-corrected chi connectivity index (χ1v) is 4.18. The van der Waals surface area contributed by atoms with E-state index in [0.29, 0.717) is 0 Å². The molecule has 2 N–H and O–H groups in total. The molecule has 0 aliphatic heterocycles. The first-order chi connectivity index (χ1) is 6.49. The van der Waals surface area contributed by atoms with Crippen LogP contribution in [0.3, 0.4) is 0 Å². The third-order valence-corrected chi connectivity index (χ3v) is 1.53. The van der Waals surface area contributed by atoms with Crippen molar-refractivity contribution in [3.63, 3.8) is 0 Å². The fourth-order valence-electron chi connectivity index (χ4n) is 0.863. The van der Waals surface area contributed by atoms with Crippen LogP contribution in [0.1, 0.15) is 13.8 Å². The van der Waals surface area contributed by atoms with Crippen molar-refractivity contribution in [3.05, 3.63) is 0 Å². The Labute approximate surface area is 83.1 Å². The number of carboxylic acid groups (broad SMARTS) is 1. The molecular formula is C9H14N2O3. The number of hydrogen-bond acceptors (Lipinski definition) is 2. The molecule has 0 heterocycles. The van der Waals surface area contributed by atoms with Gasteiger partial charge in [-0.3, -0.25) is 4.79 Å². The minimum absolute atomic E-state index is 0.0989. The van der Waals surface area contributed by atoms with Crippen LogP contribution in [-0.4, -0.2) is 41.1 Å². The van der Waals surface area contributed by atoms with Crippen LogP contribution in [0.15, 0.2) is 0 Å². The fraction of sp³-hybridized carbons (Fsp3) is 0.556. The molecule has 0 radical (unpaired) electrons. The number of rotatable bonds is 4. The van der Waals surface area contributed by atoms with Crippen molar-refractivity contribution in [1.82, 2.24) is 10.2 Å². The quantitative estimate of drug-likeness (QED) is 0.630. The van der Waals surface area contributed by atoms with Gasteiger partial charge in [-0.1, -0.05) is 5.92 Å². The molecular weight excluding hydrogens is 184 g/mol. The number of carbonyl (C=O) groups excluding carboxylic acids is 1. The molecule has 14 heavy (non-hydrogen) atoms. The largest absolute Gasteiger partial charge is 0.480 e. The van der Waals surface area contributed by atoms with Gasteiger partial charge < -0.3 is 15.3 Å². The summed E-state index contributed by atoms with van der Waals surface area (Å²) in [5.74, 6) is 1.19. The molecule has 0 aromatic heterocycles. The van der Waals surface area contributed by atoms with E-state index in [4.69, 9.17) is 11.5 Å². The first-order valence-electron chi connectivity index (χ1n) is 4.18. The summed E-state index contributed by atoms with van der Waals surface area (Å²) in [6, 6.07) is -0.635. The number of aliphatic carboxylic acids is 1. The summed E-state index contributed by atoms with van der Waals surface area (Å²) in [5, 5.41) is 11.0. The van der Waals surface area contributed by atoms with Gasteiger partial charge in [0.25, 0.3) is 0 Å². The van der Waals surface area contributed by atoms with Crippen LogP contribution >= 0.6 is 0 Å². The third-order valence-electron chi connectivity index (χ3n) is 1.53. The van der Waals surface area contributed by atoms with Gasteiger partial charge in [-0.2, -0.15) is 0 Å². The Morgan fingerprint density at radius 1 is 1.57 bits per heavy atom. The summed E-state index contributed by atoms with van der Waals surface area (Å²) >= 11 is 0. The lowest BCUT2D eigenvalue weighted by Crippen LogP contribution is -2.46. The van der Waals surface area contributed by atoms with Crippen molar-refractivity contribution < 1.29 is 14.7 Å². The van der Waals surface area contributed by atoms with E-state index in [0.717, 1.165) is 0 Å². The highest BCUT2D eigenvalue weighted by atomic mass is 16.4. The number of carboxylic acids is 1. The average molecular weight is 198 g/mol. The number of urea groups is 1. The number of carbonyl (C=O) groups is 2. The average Bonchev–Trinajstić information content (AvgIpc) is 2.09. The number of amides is 2. The van der Waals surface area contributed by atoms with Crippen molar-refractivity contribution >= 4 is 12.0 Å². The smallest absolute Gasteiger partial charge is 0.323 e. The van der Waals surface area contributed by atoms with Gasteiger partial charge in [0.05, 0.1) is 6.54 Å². The monoisotopic (exact) mass is 198 g/mol. The highest BCUT2D eigenvalue weighted by Gasteiger charge is 2.18. The highest BCUT2D eigenvalue weighted by molar-refractivity contribution is 5.80. The molecule has 0 aliphatic rings. The molecule has 0 bridgehead atoms. The summed E-state index contributed by atoms with van der Waals surface area (Å²) in [7, 11) is 0. The van der Waals surface area contributed by atoms with Crippen molar-refractivity contribution in [2.75, 3.05) is 13.1 Å². The zero-order chi connectivity index (χ0) is 11.1. The summed E-state index contributed by atoms with van der Waals surface area (Å²) in [6.07, 6.45) is 4.95. The molecule has 0 unspecified atom stereocenters. The minimum atomic E-state index is -1.05. The van der Waals surface area contributed by atoms with Gasteiger partial charge in [0.15, 0.2) is 0 Å². The number of nitrogens with one attached hydrogen (secondary N) is 1. The van der Waals surface area contributed by atoms with Gasteiger partial charge in [-0.15, -0.1) is 6.42 Å². The lowest BCUT2D eigenvalue weighted by molar-refractivity contribution is -0.138. The SMILES string of the molecule is C#CCNC(=O)N(CC(=O)O)C(C)C. The van der Waals surface area contributed by atoms with E-state index >= 15 is 0 Å². The topological polar surface area (TPSA) is 69.6 Å². The number of terminal acetylenes is 1. The summed E-state index contributed by atoms with van der Waals surface area (Å²) < 4.78 is 0. The molecule has 0 saturated carbocycles. The van der Waals surface area contributed by atoms with Gasteiger partial charge in [-0.05, 0) is 13.8 Å². The van der Waals surface area contributed by atoms with Crippen LogP contribution in [0.5, 0.6) is 0 Å². The van der Waals surface area contributed by atoms with Gasteiger partial charge in [0, 0.05) is 6.04 Å². The van der Waals surface area contributed by atoms with Crippen LogP contribution in [-0.2, 0) is 4.79 Å². The second kappa shape index (κ2) is 5.86. The second-order valence-electron chi connectivity index (χ2n) is 2.98. The molecule has 0 rings (SSSR count). The normalized spacial score (nSPS) is 9.29. The van der Waals surface area contributed by atoms with Gasteiger partial charge >= 0.3 is 12.0 Å². The Bertz CT molecular complexity index is 255. The molecule has 5 heteroatoms. The summed E-state index contributed by atoms with van der Waals surface area (Å²) in [5.41, 5.74) is 0. The molecule has 2 amide bonds.